The lowest BCUT2D eigenvalue weighted by molar-refractivity contribution is -0.123. The molecule has 1 aromatic heterocycles. The van der Waals surface area contributed by atoms with Crippen LogP contribution in [0.4, 0.5) is 0 Å². The molecule has 176 valence electrons. The van der Waals surface area contributed by atoms with Gasteiger partial charge in [-0.3, -0.25) is 9.69 Å². The summed E-state index contributed by atoms with van der Waals surface area (Å²) in [4.78, 5) is 15.3. The van der Waals surface area contributed by atoms with Crippen LogP contribution < -0.4 is 4.74 Å². The Morgan fingerprint density at radius 2 is 1.76 bits per heavy atom. The Hall–Kier alpha value is -2.90. The van der Waals surface area contributed by atoms with Gasteiger partial charge in [-0.15, -0.1) is 0 Å². The molecule has 0 aliphatic carbocycles. The smallest absolute Gasteiger partial charge is 0.266 e. The van der Waals surface area contributed by atoms with E-state index in [4.69, 9.17) is 22.1 Å². The zero-order valence-electron chi connectivity index (χ0n) is 19.9. The lowest BCUT2D eigenvalue weighted by Crippen LogP contribution is -2.34. The summed E-state index contributed by atoms with van der Waals surface area (Å²) in [5.74, 6) is 1.39. The van der Waals surface area contributed by atoms with Crippen molar-refractivity contribution in [2.24, 2.45) is 5.92 Å². The zero-order valence-corrected chi connectivity index (χ0v) is 21.5. The second kappa shape index (κ2) is 10.6. The highest BCUT2D eigenvalue weighted by molar-refractivity contribution is 8.26. The van der Waals surface area contributed by atoms with E-state index in [1.807, 2.05) is 85.4 Å². The molecule has 1 aliphatic rings. The van der Waals surface area contributed by atoms with E-state index in [2.05, 4.69) is 13.8 Å². The van der Waals surface area contributed by atoms with Gasteiger partial charge >= 0.3 is 0 Å². The van der Waals surface area contributed by atoms with Gasteiger partial charge in [0.05, 0.1) is 22.9 Å². The van der Waals surface area contributed by atoms with Crippen LogP contribution >= 0.6 is 24.0 Å². The van der Waals surface area contributed by atoms with Crippen LogP contribution in [0.3, 0.4) is 0 Å². The summed E-state index contributed by atoms with van der Waals surface area (Å²) in [6.45, 7) is 9.01. The number of hydrogen-bond acceptors (Lipinski definition) is 5. The Bertz CT molecular complexity index is 1200. The SMILES string of the molecule is CC(C)CCOc1ccc(-c2nn(-c3ccccc3)cc2/C=C2\SC(=S)N(C(C)C)C2=O)cc1. The second-order valence-corrected chi connectivity index (χ2v) is 10.6. The van der Waals surface area contributed by atoms with Crippen LogP contribution in [0.2, 0.25) is 0 Å². The van der Waals surface area contributed by atoms with E-state index in [0.29, 0.717) is 21.8 Å². The molecule has 3 aromatic rings. The third kappa shape index (κ3) is 5.42. The van der Waals surface area contributed by atoms with Crippen molar-refractivity contribution in [1.82, 2.24) is 14.7 Å². The number of carbonyl (C=O) groups is 1. The molecule has 0 saturated carbocycles. The lowest BCUT2D eigenvalue weighted by Gasteiger charge is -2.18. The van der Waals surface area contributed by atoms with E-state index in [-0.39, 0.29) is 11.9 Å². The molecule has 2 heterocycles. The van der Waals surface area contributed by atoms with E-state index in [1.165, 1.54) is 11.8 Å². The summed E-state index contributed by atoms with van der Waals surface area (Å²) in [5.41, 5.74) is 3.57. The zero-order chi connectivity index (χ0) is 24.2. The van der Waals surface area contributed by atoms with E-state index < -0.39 is 0 Å². The molecule has 7 heteroatoms. The summed E-state index contributed by atoms with van der Waals surface area (Å²) in [5, 5.41) is 4.87. The van der Waals surface area contributed by atoms with Gasteiger partial charge in [-0.2, -0.15) is 5.10 Å². The Balaban J connectivity index is 1.69. The van der Waals surface area contributed by atoms with Gasteiger partial charge in [-0.1, -0.05) is 56.0 Å². The maximum atomic E-state index is 13.0. The normalized spacial score (nSPS) is 15.2. The summed E-state index contributed by atoms with van der Waals surface area (Å²) in [6.07, 6.45) is 4.87. The minimum atomic E-state index is -0.0580. The standard InChI is InChI=1S/C27H29N3O2S2/c1-18(2)14-15-32-23-12-10-20(11-13-23)25-21(17-29(28-25)22-8-6-5-7-9-22)16-24-26(31)30(19(3)4)27(33)34-24/h5-13,16-19H,14-15H2,1-4H3/b24-16-. The molecule has 1 amide bonds. The van der Waals surface area contributed by atoms with Gasteiger partial charge in [0.1, 0.15) is 10.1 Å². The van der Waals surface area contributed by atoms with Gasteiger partial charge < -0.3 is 4.74 Å². The van der Waals surface area contributed by atoms with Crippen molar-refractivity contribution in [2.45, 2.75) is 40.2 Å². The van der Waals surface area contributed by atoms with Gasteiger partial charge in [-0.25, -0.2) is 4.68 Å². The van der Waals surface area contributed by atoms with E-state index >= 15 is 0 Å². The largest absolute Gasteiger partial charge is 0.494 e. The van der Waals surface area contributed by atoms with Gasteiger partial charge in [0.2, 0.25) is 0 Å². The van der Waals surface area contributed by atoms with Crippen molar-refractivity contribution in [3.05, 3.63) is 71.3 Å². The molecule has 1 aliphatic heterocycles. The van der Waals surface area contributed by atoms with E-state index in [0.717, 1.165) is 34.7 Å². The first kappa shape index (κ1) is 24.2. The van der Waals surface area contributed by atoms with Crippen LogP contribution in [-0.4, -0.2) is 37.6 Å². The molecular weight excluding hydrogens is 462 g/mol. The number of aromatic nitrogens is 2. The van der Waals surface area contributed by atoms with Crippen molar-refractivity contribution in [2.75, 3.05) is 6.61 Å². The number of thiocarbonyl (C=S) groups is 1. The number of thioether (sulfide) groups is 1. The molecule has 0 radical (unpaired) electrons. The Kier molecular flexibility index (Phi) is 7.54. The van der Waals surface area contributed by atoms with Crippen LogP contribution in [0.15, 0.2) is 65.7 Å². The summed E-state index contributed by atoms with van der Waals surface area (Å²) in [7, 11) is 0. The number of hydrogen-bond donors (Lipinski definition) is 0. The number of rotatable bonds is 8. The van der Waals surface area contributed by atoms with E-state index in [1.54, 1.807) is 4.90 Å². The maximum Gasteiger partial charge on any atom is 0.266 e. The fourth-order valence-corrected chi connectivity index (χ4v) is 5.13. The van der Waals surface area contributed by atoms with Gasteiger partial charge in [0, 0.05) is 23.4 Å². The molecule has 1 fully saturated rings. The third-order valence-corrected chi connectivity index (χ3v) is 6.81. The Labute approximate surface area is 210 Å². The van der Waals surface area contributed by atoms with Crippen LogP contribution in [-0.2, 0) is 4.79 Å². The van der Waals surface area contributed by atoms with Crippen LogP contribution in [0, 0.1) is 5.92 Å². The summed E-state index contributed by atoms with van der Waals surface area (Å²) < 4.78 is 8.31. The minimum Gasteiger partial charge on any atom is -0.494 e. The number of nitrogens with zero attached hydrogens (tertiary/aromatic N) is 3. The quantitative estimate of drug-likeness (QED) is 0.263. The minimum absolute atomic E-state index is 0.0214. The molecule has 0 atom stereocenters. The average Bonchev–Trinajstić information content (AvgIpc) is 3.35. The van der Waals surface area contributed by atoms with Crippen molar-refractivity contribution < 1.29 is 9.53 Å². The predicted molar refractivity (Wildman–Crippen MR) is 144 cm³/mol. The highest BCUT2D eigenvalue weighted by Crippen LogP contribution is 2.36. The Morgan fingerprint density at radius 3 is 2.38 bits per heavy atom. The molecular formula is C27H29N3O2S2. The van der Waals surface area contributed by atoms with Gasteiger partial charge in [0.25, 0.3) is 5.91 Å². The Morgan fingerprint density at radius 1 is 1.06 bits per heavy atom. The van der Waals surface area contributed by atoms with E-state index in [9.17, 15) is 4.79 Å². The van der Waals surface area contributed by atoms with Crippen LogP contribution in [0.1, 0.15) is 39.7 Å². The first-order chi connectivity index (χ1) is 16.3. The van der Waals surface area contributed by atoms with Gasteiger partial charge in [0.15, 0.2) is 0 Å². The number of carbonyl (C=O) groups excluding carboxylic acids is 1. The fourth-order valence-electron chi connectivity index (χ4n) is 3.62. The van der Waals surface area contributed by atoms with Crippen LogP contribution in [0.5, 0.6) is 5.75 Å². The molecule has 34 heavy (non-hydrogen) atoms. The lowest BCUT2D eigenvalue weighted by atomic mass is 10.1. The first-order valence-electron chi connectivity index (χ1n) is 11.5. The molecule has 0 unspecified atom stereocenters. The maximum absolute atomic E-state index is 13.0. The predicted octanol–water partition coefficient (Wildman–Crippen LogP) is 6.57. The highest BCUT2D eigenvalue weighted by atomic mass is 32.2. The van der Waals surface area contributed by atoms with Crippen molar-refractivity contribution in [3.63, 3.8) is 0 Å². The molecule has 0 N–H and O–H groups in total. The van der Waals surface area contributed by atoms with Crippen molar-refractivity contribution >= 4 is 40.3 Å². The number of benzene rings is 2. The molecule has 5 nitrogen and oxygen atoms in total. The second-order valence-electron chi connectivity index (χ2n) is 8.91. The number of para-hydroxylation sites is 1. The molecule has 4 rings (SSSR count). The molecule has 2 aromatic carbocycles. The monoisotopic (exact) mass is 491 g/mol. The highest BCUT2D eigenvalue weighted by Gasteiger charge is 2.34. The summed E-state index contributed by atoms with van der Waals surface area (Å²) in [6, 6.07) is 17.9. The number of ether oxygens (including phenoxy) is 1. The number of amides is 1. The van der Waals surface area contributed by atoms with Crippen LogP contribution in [0.25, 0.3) is 23.0 Å². The first-order valence-corrected chi connectivity index (χ1v) is 12.7. The molecule has 0 bridgehead atoms. The van der Waals surface area contributed by atoms with Crippen molar-refractivity contribution in [3.8, 4) is 22.7 Å². The molecule has 0 spiro atoms. The third-order valence-electron chi connectivity index (χ3n) is 5.48. The summed E-state index contributed by atoms with van der Waals surface area (Å²) >= 11 is 6.79. The fraction of sp³-hybridized carbons (Fsp3) is 0.296. The topological polar surface area (TPSA) is 47.4 Å². The van der Waals surface area contributed by atoms with Gasteiger partial charge in [-0.05, 0) is 68.7 Å². The average molecular weight is 492 g/mol. The van der Waals surface area contributed by atoms with Crippen molar-refractivity contribution in [1.29, 1.82) is 0 Å². The molecule has 1 saturated heterocycles.